The van der Waals surface area contributed by atoms with Gasteiger partial charge in [-0.3, -0.25) is 5.10 Å². The Labute approximate surface area is 80.6 Å². The van der Waals surface area contributed by atoms with Crippen molar-refractivity contribution in [3.63, 3.8) is 0 Å². The van der Waals surface area contributed by atoms with E-state index in [1.807, 2.05) is 25.1 Å². The zero-order valence-electron chi connectivity index (χ0n) is 7.74. The summed E-state index contributed by atoms with van der Waals surface area (Å²) < 4.78 is 0. The largest absolute Gasteiger partial charge is 0.476 e. The van der Waals surface area contributed by atoms with E-state index >= 15 is 0 Å². The molecule has 14 heavy (non-hydrogen) atoms. The number of aromatic carboxylic acids is 1. The molecule has 2 N–H and O–H groups in total. The molecule has 0 unspecified atom stereocenters. The van der Waals surface area contributed by atoms with Crippen LogP contribution in [0.1, 0.15) is 23.0 Å². The van der Waals surface area contributed by atoms with E-state index < -0.39 is 5.97 Å². The number of carbonyl (C=O) groups is 1. The van der Waals surface area contributed by atoms with Crippen LogP contribution in [0.15, 0.2) is 18.2 Å². The van der Waals surface area contributed by atoms with Crippen LogP contribution in [0.5, 0.6) is 0 Å². The monoisotopic (exact) mass is 190 g/mol. The smallest absolute Gasteiger partial charge is 0.357 e. The van der Waals surface area contributed by atoms with Crippen molar-refractivity contribution in [3.05, 3.63) is 29.5 Å². The van der Waals surface area contributed by atoms with Crippen molar-refractivity contribution < 1.29 is 9.90 Å². The third-order valence-electron chi connectivity index (χ3n) is 2.26. The molecule has 0 radical (unpaired) electrons. The van der Waals surface area contributed by atoms with Crippen molar-refractivity contribution in [1.82, 2.24) is 10.2 Å². The molecule has 4 heteroatoms. The van der Waals surface area contributed by atoms with Crippen LogP contribution >= 0.6 is 0 Å². The van der Waals surface area contributed by atoms with Crippen LogP contribution in [0.2, 0.25) is 0 Å². The van der Waals surface area contributed by atoms with Crippen LogP contribution in [0.3, 0.4) is 0 Å². The first-order valence-corrected chi connectivity index (χ1v) is 4.43. The molecule has 1 aromatic heterocycles. The fraction of sp³-hybridized carbons (Fsp3) is 0.200. The lowest BCUT2D eigenvalue weighted by Gasteiger charge is -1.98. The van der Waals surface area contributed by atoms with Gasteiger partial charge in [-0.25, -0.2) is 4.79 Å². The number of rotatable bonds is 2. The summed E-state index contributed by atoms with van der Waals surface area (Å²) in [6.45, 7) is 1.99. The first-order valence-electron chi connectivity index (χ1n) is 4.43. The number of H-pyrrole nitrogens is 1. The lowest BCUT2D eigenvalue weighted by atomic mass is 10.1. The number of aromatic amines is 1. The van der Waals surface area contributed by atoms with Crippen LogP contribution in [0.25, 0.3) is 10.9 Å². The van der Waals surface area contributed by atoms with Gasteiger partial charge in [0.1, 0.15) is 0 Å². The minimum absolute atomic E-state index is 0.109. The van der Waals surface area contributed by atoms with E-state index in [1.54, 1.807) is 0 Å². The Morgan fingerprint density at radius 1 is 1.57 bits per heavy atom. The van der Waals surface area contributed by atoms with Crippen molar-refractivity contribution in [2.24, 2.45) is 0 Å². The van der Waals surface area contributed by atoms with Gasteiger partial charge >= 0.3 is 5.97 Å². The van der Waals surface area contributed by atoms with Crippen molar-refractivity contribution in [2.75, 3.05) is 0 Å². The maximum Gasteiger partial charge on any atom is 0.357 e. The fourth-order valence-electron chi connectivity index (χ4n) is 1.59. The molecule has 0 fully saturated rings. The Kier molecular flexibility index (Phi) is 1.96. The first-order chi connectivity index (χ1) is 6.74. The molecule has 0 spiro atoms. The molecule has 72 valence electrons. The van der Waals surface area contributed by atoms with Crippen LogP contribution in [-0.2, 0) is 6.42 Å². The third kappa shape index (κ3) is 1.16. The van der Waals surface area contributed by atoms with Gasteiger partial charge in [0, 0.05) is 5.39 Å². The molecule has 2 aromatic rings. The zero-order chi connectivity index (χ0) is 10.1. The molecule has 0 amide bonds. The fourth-order valence-corrected chi connectivity index (χ4v) is 1.59. The second kappa shape index (κ2) is 3.14. The molecular formula is C10H10N2O2. The minimum Gasteiger partial charge on any atom is -0.476 e. The predicted octanol–water partition coefficient (Wildman–Crippen LogP) is 1.82. The number of nitrogens with one attached hydrogen (secondary N) is 1. The van der Waals surface area contributed by atoms with Crippen molar-refractivity contribution in [1.29, 1.82) is 0 Å². The highest BCUT2D eigenvalue weighted by Crippen LogP contribution is 2.20. The molecule has 1 heterocycles. The van der Waals surface area contributed by atoms with E-state index in [9.17, 15) is 4.79 Å². The van der Waals surface area contributed by atoms with E-state index in [2.05, 4.69) is 10.2 Å². The molecule has 1 aromatic carbocycles. The van der Waals surface area contributed by atoms with Crippen LogP contribution in [0.4, 0.5) is 0 Å². The molecule has 0 saturated heterocycles. The van der Waals surface area contributed by atoms with E-state index in [-0.39, 0.29) is 5.69 Å². The molecule has 0 bridgehead atoms. The summed E-state index contributed by atoms with van der Waals surface area (Å²) in [7, 11) is 0. The summed E-state index contributed by atoms with van der Waals surface area (Å²) in [5.41, 5.74) is 1.90. The number of aryl methyl sites for hydroxylation is 1. The summed E-state index contributed by atoms with van der Waals surface area (Å²) in [4.78, 5) is 10.9. The van der Waals surface area contributed by atoms with Gasteiger partial charge in [0.2, 0.25) is 0 Å². The van der Waals surface area contributed by atoms with Gasteiger partial charge < -0.3 is 5.11 Å². The van der Waals surface area contributed by atoms with Gasteiger partial charge in [-0.2, -0.15) is 5.10 Å². The second-order valence-electron chi connectivity index (χ2n) is 3.07. The second-order valence-corrected chi connectivity index (χ2v) is 3.07. The van der Waals surface area contributed by atoms with E-state index in [4.69, 9.17) is 5.11 Å². The predicted molar refractivity (Wildman–Crippen MR) is 52.4 cm³/mol. The molecule has 0 saturated carbocycles. The van der Waals surface area contributed by atoms with Gasteiger partial charge in [-0.15, -0.1) is 0 Å². The van der Waals surface area contributed by atoms with Crippen LogP contribution in [0, 0.1) is 0 Å². The highest BCUT2D eigenvalue weighted by molar-refractivity contribution is 6.02. The van der Waals surface area contributed by atoms with Gasteiger partial charge in [0.05, 0.1) is 5.52 Å². The zero-order valence-corrected chi connectivity index (χ0v) is 7.74. The standard InChI is InChI=1S/C10H10N2O2/c1-2-6-4-3-5-7-8(6)9(10(13)14)12-11-7/h3-5H,2H2,1H3,(H,11,12)(H,13,14). The molecule has 0 aliphatic heterocycles. The third-order valence-corrected chi connectivity index (χ3v) is 2.26. The van der Waals surface area contributed by atoms with Crippen molar-refractivity contribution >= 4 is 16.9 Å². The molecular weight excluding hydrogens is 180 g/mol. The number of nitrogens with zero attached hydrogens (tertiary/aromatic N) is 1. The SMILES string of the molecule is CCc1cccc2[nH]nc(C(=O)O)c12. The van der Waals surface area contributed by atoms with E-state index in [0.29, 0.717) is 0 Å². The van der Waals surface area contributed by atoms with E-state index in [1.165, 1.54) is 0 Å². The highest BCUT2D eigenvalue weighted by atomic mass is 16.4. The van der Waals surface area contributed by atoms with Crippen LogP contribution < -0.4 is 0 Å². The normalized spacial score (nSPS) is 10.6. The maximum absolute atomic E-state index is 10.9. The topological polar surface area (TPSA) is 66.0 Å². The average Bonchev–Trinajstić information content (AvgIpc) is 2.60. The maximum atomic E-state index is 10.9. The Hall–Kier alpha value is -1.84. The summed E-state index contributed by atoms with van der Waals surface area (Å²) >= 11 is 0. The number of hydrogen-bond donors (Lipinski definition) is 2. The molecule has 2 rings (SSSR count). The number of fused-ring (bicyclic) bond motifs is 1. The Balaban J connectivity index is 2.81. The van der Waals surface area contributed by atoms with Crippen LogP contribution in [-0.4, -0.2) is 21.3 Å². The number of aromatic nitrogens is 2. The molecule has 0 aliphatic carbocycles. The molecule has 0 aliphatic rings. The quantitative estimate of drug-likeness (QED) is 0.759. The summed E-state index contributed by atoms with van der Waals surface area (Å²) in [6, 6.07) is 5.64. The minimum atomic E-state index is -0.989. The number of carboxylic acids is 1. The summed E-state index contributed by atoms with van der Waals surface area (Å²) in [5.74, 6) is -0.989. The lowest BCUT2D eigenvalue weighted by molar-refractivity contribution is 0.0692. The summed E-state index contributed by atoms with van der Waals surface area (Å²) in [6.07, 6.45) is 0.803. The van der Waals surface area contributed by atoms with Crippen molar-refractivity contribution in [2.45, 2.75) is 13.3 Å². The first kappa shape index (κ1) is 8.74. The van der Waals surface area contributed by atoms with Gasteiger partial charge in [-0.05, 0) is 18.1 Å². The Morgan fingerprint density at radius 3 is 3.00 bits per heavy atom. The lowest BCUT2D eigenvalue weighted by Crippen LogP contribution is -1.98. The van der Waals surface area contributed by atoms with Gasteiger partial charge in [0.25, 0.3) is 0 Å². The van der Waals surface area contributed by atoms with Gasteiger partial charge in [-0.1, -0.05) is 19.1 Å². The molecule has 4 nitrogen and oxygen atoms in total. The van der Waals surface area contributed by atoms with Crippen molar-refractivity contribution in [3.8, 4) is 0 Å². The van der Waals surface area contributed by atoms with Gasteiger partial charge in [0.15, 0.2) is 5.69 Å². The Bertz CT molecular complexity index is 488. The van der Waals surface area contributed by atoms with E-state index in [0.717, 1.165) is 22.9 Å². The average molecular weight is 190 g/mol. The summed E-state index contributed by atoms with van der Waals surface area (Å²) in [5, 5.41) is 16.1. The highest BCUT2D eigenvalue weighted by Gasteiger charge is 2.14. The number of benzene rings is 1. The Morgan fingerprint density at radius 2 is 2.36 bits per heavy atom. The number of hydrogen-bond acceptors (Lipinski definition) is 2. The molecule has 0 atom stereocenters. The number of carboxylic acid groups (broad SMARTS) is 1.